The average molecular weight is 510 g/mol. The van der Waals surface area contributed by atoms with Gasteiger partial charge in [0.1, 0.15) is 0 Å². The van der Waals surface area contributed by atoms with Crippen molar-refractivity contribution in [3.05, 3.63) is 95.6 Å². The van der Waals surface area contributed by atoms with Gasteiger partial charge < -0.3 is 3.07 Å². The van der Waals surface area contributed by atoms with Gasteiger partial charge in [-0.1, -0.05) is 54.6 Å². The highest BCUT2D eigenvalue weighted by atomic mass is 127. The van der Waals surface area contributed by atoms with Crippen LogP contribution in [0.15, 0.2) is 78.9 Å². The van der Waals surface area contributed by atoms with Crippen molar-refractivity contribution in [3.8, 4) is 0 Å². The molecule has 0 bridgehead atoms. The minimum absolute atomic E-state index is 0.328. The van der Waals surface area contributed by atoms with E-state index in [1.807, 2.05) is 30.3 Å². The maximum absolute atomic E-state index is 12.7. The minimum atomic E-state index is -0.497. The van der Waals surface area contributed by atoms with Crippen LogP contribution >= 0.6 is 23.0 Å². The Kier molecular flexibility index (Phi) is 5.62. The molecule has 0 aliphatic rings. The molecule has 30 heavy (non-hydrogen) atoms. The van der Waals surface area contributed by atoms with Crippen molar-refractivity contribution in [2.75, 3.05) is 0 Å². The molecular formula is C23H15IN2O4. The van der Waals surface area contributed by atoms with Crippen LogP contribution in [0, 0.1) is 0 Å². The van der Waals surface area contributed by atoms with Gasteiger partial charge in [0.2, 0.25) is 0 Å². The summed E-state index contributed by atoms with van der Waals surface area (Å²) in [7, 11) is 0. The van der Waals surface area contributed by atoms with E-state index in [1.165, 1.54) is 35.1 Å². The lowest BCUT2D eigenvalue weighted by atomic mass is 9.99. The van der Waals surface area contributed by atoms with Crippen molar-refractivity contribution in [1.82, 2.24) is 10.9 Å². The lowest BCUT2D eigenvalue weighted by Gasteiger charge is -2.11. The van der Waals surface area contributed by atoms with E-state index >= 15 is 0 Å². The molecule has 2 N–H and O–H groups in total. The Morgan fingerprint density at radius 1 is 0.667 bits per heavy atom. The van der Waals surface area contributed by atoms with E-state index < -0.39 is 17.8 Å². The second-order valence-electron chi connectivity index (χ2n) is 6.54. The highest BCUT2D eigenvalue weighted by molar-refractivity contribution is 14.1. The second kappa shape index (κ2) is 8.50. The summed E-state index contributed by atoms with van der Waals surface area (Å²) in [5.74, 6) is -1.42. The molecule has 2 amide bonds. The van der Waals surface area contributed by atoms with E-state index in [9.17, 15) is 14.4 Å². The average Bonchev–Trinajstić information content (AvgIpc) is 2.80. The van der Waals surface area contributed by atoms with E-state index in [-0.39, 0.29) is 0 Å². The number of benzene rings is 4. The van der Waals surface area contributed by atoms with Crippen molar-refractivity contribution in [2.45, 2.75) is 0 Å². The fourth-order valence-corrected chi connectivity index (χ4v) is 3.54. The Bertz CT molecular complexity index is 1300. The molecule has 0 saturated carbocycles. The van der Waals surface area contributed by atoms with Crippen molar-refractivity contribution in [2.24, 2.45) is 0 Å². The molecule has 0 saturated heterocycles. The maximum Gasteiger partial charge on any atom is 0.348 e. The quantitative estimate of drug-likeness (QED) is 0.313. The number of hydrogen-bond acceptors (Lipinski definition) is 4. The van der Waals surface area contributed by atoms with Crippen LogP contribution in [0.2, 0.25) is 0 Å². The SMILES string of the molecule is O=C(NNC(=O)c1ccc(C(=O)OI)c2ccccc12)c1ccc2ccccc2c1. The van der Waals surface area contributed by atoms with Gasteiger partial charge in [0.25, 0.3) is 11.8 Å². The summed E-state index contributed by atoms with van der Waals surface area (Å²) in [4.78, 5) is 37.2. The second-order valence-corrected chi connectivity index (χ2v) is 6.98. The van der Waals surface area contributed by atoms with Gasteiger partial charge in [-0.3, -0.25) is 20.4 Å². The molecule has 0 fully saturated rings. The van der Waals surface area contributed by atoms with Gasteiger partial charge in [-0.05, 0) is 45.8 Å². The van der Waals surface area contributed by atoms with Gasteiger partial charge in [0, 0.05) is 11.1 Å². The molecule has 148 valence electrons. The molecule has 0 aliphatic heterocycles. The van der Waals surface area contributed by atoms with Crippen LogP contribution in [0.1, 0.15) is 31.1 Å². The first-order valence-corrected chi connectivity index (χ1v) is 9.91. The molecule has 7 heteroatoms. The summed E-state index contributed by atoms with van der Waals surface area (Å²) in [5.41, 5.74) is 6.00. The minimum Gasteiger partial charge on any atom is -0.391 e. The molecule has 0 unspecified atom stereocenters. The van der Waals surface area contributed by atoms with Crippen LogP contribution < -0.4 is 10.9 Å². The number of carbonyl (C=O) groups excluding carboxylic acids is 3. The molecule has 0 aromatic heterocycles. The number of amides is 2. The third-order valence-electron chi connectivity index (χ3n) is 4.76. The van der Waals surface area contributed by atoms with Gasteiger partial charge in [0.15, 0.2) is 23.0 Å². The largest absolute Gasteiger partial charge is 0.391 e. The van der Waals surface area contributed by atoms with Crippen molar-refractivity contribution in [1.29, 1.82) is 0 Å². The lowest BCUT2D eigenvalue weighted by Crippen LogP contribution is -2.41. The molecule has 0 heterocycles. The number of nitrogens with one attached hydrogen (secondary N) is 2. The zero-order valence-electron chi connectivity index (χ0n) is 15.5. The van der Waals surface area contributed by atoms with Gasteiger partial charge >= 0.3 is 5.97 Å². The van der Waals surface area contributed by atoms with Crippen LogP contribution in [-0.2, 0) is 3.07 Å². The van der Waals surface area contributed by atoms with E-state index in [4.69, 9.17) is 3.07 Å². The summed E-state index contributed by atoms with van der Waals surface area (Å²) >= 11 is 1.53. The molecule has 0 aliphatic carbocycles. The fraction of sp³-hybridized carbons (Fsp3) is 0. The van der Waals surface area contributed by atoms with E-state index in [0.717, 1.165) is 10.8 Å². The summed E-state index contributed by atoms with van der Waals surface area (Å²) in [6.45, 7) is 0. The monoisotopic (exact) mass is 510 g/mol. The molecular weight excluding hydrogens is 495 g/mol. The summed E-state index contributed by atoms with van der Waals surface area (Å²) in [6, 6.07) is 23.1. The number of carbonyl (C=O) groups is 3. The Morgan fingerprint density at radius 2 is 1.27 bits per heavy atom. The number of fused-ring (bicyclic) bond motifs is 2. The van der Waals surface area contributed by atoms with Crippen LogP contribution in [0.25, 0.3) is 21.5 Å². The maximum atomic E-state index is 12.7. The summed E-state index contributed by atoms with van der Waals surface area (Å²) in [5, 5.41) is 3.12. The van der Waals surface area contributed by atoms with Crippen molar-refractivity contribution >= 4 is 62.3 Å². The fourth-order valence-electron chi connectivity index (χ4n) is 3.30. The molecule has 4 aromatic carbocycles. The van der Waals surface area contributed by atoms with Crippen molar-refractivity contribution in [3.63, 3.8) is 0 Å². The summed E-state index contributed by atoms with van der Waals surface area (Å²) in [6.07, 6.45) is 0. The Labute approximate surface area is 185 Å². The van der Waals surface area contributed by atoms with Gasteiger partial charge in [-0.2, -0.15) is 0 Å². The van der Waals surface area contributed by atoms with Gasteiger partial charge in [-0.25, -0.2) is 4.79 Å². The number of rotatable bonds is 3. The van der Waals surface area contributed by atoms with Crippen LogP contribution in [0.4, 0.5) is 0 Å². The predicted octanol–water partition coefficient (Wildman–Crippen LogP) is 4.57. The van der Waals surface area contributed by atoms with E-state index in [0.29, 0.717) is 27.5 Å². The molecule has 0 radical (unpaired) electrons. The van der Waals surface area contributed by atoms with Gasteiger partial charge in [0.05, 0.1) is 5.56 Å². The van der Waals surface area contributed by atoms with E-state index in [1.54, 1.807) is 36.4 Å². The molecule has 4 rings (SSSR count). The summed E-state index contributed by atoms with van der Waals surface area (Å²) < 4.78 is 4.78. The van der Waals surface area contributed by atoms with Crippen molar-refractivity contribution < 1.29 is 17.4 Å². The van der Waals surface area contributed by atoms with Gasteiger partial charge in [-0.15, -0.1) is 0 Å². The molecule has 0 atom stereocenters. The normalized spacial score (nSPS) is 10.6. The van der Waals surface area contributed by atoms with E-state index in [2.05, 4.69) is 10.9 Å². The number of hydrazine groups is 1. The van der Waals surface area contributed by atoms with Crippen LogP contribution in [-0.4, -0.2) is 17.8 Å². The highest BCUT2D eigenvalue weighted by Crippen LogP contribution is 2.24. The molecule has 0 spiro atoms. The number of hydrogen-bond donors (Lipinski definition) is 2. The first kappa shape index (κ1) is 19.8. The molecule has 6 nitrogen and oxygen atoms in total. The molecule has 4 aromatic rings. The Hall–Kier alpha value is -3.46. The highest BCUT2D eigenvalue weighted by Gasteiger charge is 2.17. The van der Waals surface area contributed by atoms with Crippen LogP contribution in [0.5, 0.6) is 0 Å². The predicted molar refractivity (Wildman–Crippen MR) is 122 cm³/mol. The lowest BCUT2D eigenvalue weighted by molar-refractivity contribution is 0.0801. The van der Waals surface area contributed by atoms with Crippen LogP contribution in [0.3, 0.4) is 0 Å². The Morgan fingerprint density at radius 3 is 2.00 bits per heavy atom. The third-order valence-corrected chi connectivity index (χ3v) is 5.16. The Balaban J connectivity index is 1.56. The third kappa shape index (κ3) is 3.84. The first-order valence-electron chi connectivity index (χ1n) is 9.02. The number of halogens is 1. The standard InChI is InChI=1S/C23H15IN2O4/c24-30-23(29)20-12-11-19(17-7-3-4-8-18(17)20)22(28)26-25-21(27)16-10-9-14-5-1-2-6-15(14)13-16/h1-13H,(H,25,27)(H,26,28). The first-order chi connectivity index (χ1) is 14.6. The zero-order chi connectivity index (χ0) is 21.1. The smallest absolute Gasteiger partial charge is 0.348 e. The topological polar surface area (TPSA) is 84.5 Å². The zero-order valence-corrected chi connectivity index (χ0v) is 17.7.